The van der Waals surface area contributed by atoms with Gasteiger partial charge in [0, 0.05) is 30.1 Å². The number of hydrogen-bond donors (Lipinski definition) is 2. The van der Waals surface area contributed by atoms with Gasteiger partial charge in [-0.05, 0) is 38.6 Å². The molecule has 0 spiro atoms. The molecule has 8 nitrogen and oxygen atoms in total. The van der Waals surface area contributed by atoms with Crippen LogP contribution in [0.25, 0.3) is 11.4 Å². The molecule has 0 saturated heterocycles. The average molecular weight is 428 g/mol. The minimum atomic E-state index is -4.72. The minimum absolute atomic E-state index is 0.0917. The Kier molecular flexibility index (Phi) is 7.93. The van der Waals surface area contributed by atoms with E-state index in [9.17, 15) is 22.8 Å². The van der Waals surface area contributed by atoms with Gasteiger partial charge < -0.3 is 19.8 Å². The molecule has 1 heterocycles. The molecule has 1 amide bonds. The van der Waals surface area contributed by atoms with Gasteiger partial charge in [-0.1, -0.05) is 24.2 Å². The topological polar surface area (TPSA) is 109 Å². The van der Waals surface area contributed by atoms with E-state index in [2.05, 4.69) is 20.0 Å². The van der Waals surface area contributed by atoms with Crippen molar-refractivity contribution in [2.24, 2.45) is 0 Å². The van der Waals surface area contributed by atoms with Crippen LogP contribution in [0.4, 0.5) is 13.2 Å². The highest BCUT2D eigenvalue weighted by Gasteiger charge is 2.38. The molecule has 0 fully saturated rings. The van der Waals surface area contributed by atoms with Crippen LogP contribution in [0.5, 0.6) is 0 Å². The number of alkyl halides is 3. The van der Waals surface area contributed by atoms with Gasteiger partial charge in [0.2, 0.25) is 5.82 Å². The highest BCUT2D eigenvalue weighted by molar-refractivity contribution is 5.94. The fraction of sp³-hybridized carbons (Fsp3) is 0.474. The fourth-order valence-corrected chi connectivity index (χ4v) is 2.80. The zero-order valence-corrected chi connectivity index (χ0v) is 16.6. The summed E-state index contributed by atoms with van der Waals surface area (Å²) in [6.07, 6.45) is -4.10. The normalized spacial score (nSPS) is 12.7. The van der Waals surface area contributed by atoms with Crippen LogP contribution in [0.3, 0.4) is 0 Å². The number of halogens is 3. The number of nitrogens with one attached hydrogen (secondary N) is 1. The number of hydrogen-bond acceptors (Lipinski definition) is 6. The van der Waals surface area contributed by atoms with E-state index in [0.29, 0.717) is 25.1 Å². The first-order chi connectivity index (χ1) is 14.1. The predicted octanol–water partition coefficient (Wildman–Crippen LogP) is 3.06. The van der Waals surface area contributed by atoms with Crippen LogP contribution >= 0.6 is 0 Å². The number of carbonyl (C=O) groups is 2. The van der Waals surface area contributed by atoms with Crippen molar-refractivity contribution in [1.82, 2.24) is 20.4 Å². The molecular weight excluding hydrogens is 405 g/mol. The standard InChI is InChI=1S/C19H23F3N4O4/c1-3-26(10-4-5-15(27)28)11-12(2)23-17(29)14-8-6-13(7-9-14)16-24-18(30-25-16)19(20,21)22/h6-9,12H,3-5,10-11H2,1-2H3,(H,23,29)(H,27,28). The molecule has 0 aliphatic carbocycles. The second-order valence-electron chi connectivity index (χ2n) is 6.76. The number of carboxylic acids is 1. The van der Waals surface area contributed by atoms with Crippen molar-refractivity contribution < 1.29 is 32.4 Å². The van der Waals surface area contributed by atoms with Crippen molar-refractivity contribution in [3.8, 4) is 11.4 Å². The smallest absolute Gasteiger partial charge is 0.471 e. The Bertz CT molecular complexity index is 852. The molecule has 30 heavy (non-hydrogen) atoms. The van der Waals surface area contributed by atoms with Crippen LogP contribution in [-0.4, -0.2) is 57.7 Å². The Morgan fingerprint density at radius 3 is 2.47 bits per heavy atom. The predicted molar refractivity (Wildman–Crippen MR) is 101 cm³/mol. The molecule has 11 heteroatoms. The van der Waals surface area contributed by atoms with Crippen molar-refractivity contribution in [2.45, 2.75) is 38.9 Å². The number of likely N-dealkylation sites (N-methyl/N-ethyl adjacent to an activating group) is 1. The lowest BCUT2D eigenvalue weighted by Crippen LogP contribution is -2.42. The maximum absolute atomic E-state index is 12.5. The first-order valence-electron chi connectivity index (χ1n) is 9.36. The molecule has 2 rings (SSSR count). The van der Waals surface area contributed by atoms with Crippen LogP contribution in [-0.2, 0) is 11.0 Å². The van der Waals surface area contributed by atoms with Gasteiger partial charge in [0.1, 0.15) is 0 Å². The number of benzene rings is 1. The minimum Gasteiger partial charge on any atom is -0.481 e. The number of nitrogens with zero attached hydrogens (tertiary/aromatic N) is 3. The van der Waals surface area contributed by atoms with E-state index in [1.807, 2.05) is 18.7 Å². The molecule has 1 aromatic carbocycles. The van der Waals surface area contributed by atoms with Crippen molar-refractivity contribution in [3.05, 3.63) is 35.7 Å². The Morgan fingerprint density at radius 1 is 1.27 bits per heavy atom. The SMILES string of the molecule is CCN(CCCC(=O)O)CC(C)NC(=O)c1ccc(-c2noc(C(F)(F)F)n2)cc1. The molecule has 0 saturated carbocycles. The van der Waals surface area contributed by atoms with Gasteiger partial charge >= 0.3 is 18.0 Å². The number of aliphatic carboxylic acids is 1. The van der Waals surface area contributed by atoms with Crippen molar-refractivity contribution in [2.75, 3.05) is 19.6 Å². The molecular formula is C19H23F3N4O4. The van der Waals surface area contributed by atoms with E-state index in [1.54, 1.807) is 0 Å². The largest absolute Gasteiger partial charge is 0.481 e. The lowest BCUT2D eigenvalue weighted by molar-refractivity contribution is -0.159. The maximum Gasteiger partial charge on any atom is 0.471 e. The maximum atomic E-state index is 12.5. The Labute approximate surface area is 171 Å². The van der Waals surface area contributed by atoms with Crippen molar-refractivity contribution in [1.29, 1.82) is 0 Å². The summed E-state index contributed by atoms with van der Waals surface area (Å²) in [6.45, 7) is 5.69. The summed E-state index contributed by atoms with van der Waals surface area (Å²) in [5.41, 5.74) is 0.619. The van der Waals surface area contributed by atoms with Gasteiger partial charge in [-0.25, -0.2) is 0 Å². The lowest BCUT2D eigenvalue weighted by atomic mass is 10.1. The second kappa shape index (κ2) is 10.2. The second-order valence-corrected chi connectivity index (χ2v) is 6.76. The average Bonchev–Trinajstić information content (AvgIpc) is 3.17. The van der Waals surface area contributed by atoms with E-state index in [0.717, 1.165) is 6.54 Å². The Morgan fingerprint density at radius 2 is 1.93 bits per heavy atom. The Hall–Kier alpha value is -2.95. The first-order valence-corrected chi connectivity index (χ1v) is 9.36. The Balaban J connectivity index is 1.92. The highest BCUT2D eigenvalue weighted by Crippen LogP contribution is 2.29. The molecule has 1 aromatic heterocycles. The summed E-state index contributed by atoms with van der Waals surface area (Å²) in [6, 6.07) is 5.62. The quantitative estimate of drug-likeness (QED) is 0.599. The van der Waals surface area contributed by atoms with Crippen molar-refractivity contribution >= 4 is 11.9 Å². The molecule has 1 atom stereocenters. The summed E-state index contributed by atoms with van der Waals surface area (Å²) >= 11 is 0. The third kappa shape index (κ3) is 6.83. The van der Waals surface area contributed by atoms with Gasteiger partial charge in [-0.2, -0.15) is 18.2 Å². The number of rotatable bonds is 10. The van der Waals surface area contributed by atoms with Gasteiger partial charge in [0.15, 0.2) is 0 Å². The highest BCUT2D eigenvalue weighted by atomic mass is 19.4. The molecule has 0 aliphatic rings. The molecule has 0 bridgehead atoms. The zero-order chi connectivity index (χ0) is 22.3. The lowest BCUT2D eigenvalue weighted by Gasteiger charge is -2.24. The van der Waals surface area contributed by atoms with Crippen LogP contribution < -0.4 is 5.32 Å². The number of amides is 1. The first kappa shape index (κ1) is 23.3. The van der Waals surface area contributed by atoms with Crippen LogP contribution in [0.2, 0.25) is 0 Å². The van der Waals surface area contributed by atoms with Crippen molar-refractivity contribution in [3.63, 3.8) is 0 Å². The van der Waals surface area contributed by atoms with Crippen LogP contribution in [0.1, 0.15) is 42.9 Å². The van der Waals surface area contributed by atoms with E-state index in [1.165, 1.54) is 24.3 Å². The van der Waals surface area contributed by atoms with Crippen LogP contribution in [0.15, 0.2) is 28.8 Å². The molecule has 0 aliphatic heterocycles. The van der Waals surface area contributed by atoms with Gasteiger partial charge in [0.25, 0.3) is 5.91 Å². The number of aromatic nitrogens is 2. The summed E-state index contributed by atoms with van der Waals surface area (Å²) in [7, 11) is 0. The van der Waals surface area contributed by atoms with Gasteiger partial charge in [-0.15, -0.1) is 0 Å². The monoisotopic (exact) mass is 428 g/mol. The van der Waals surface area contributed by atoms with E-state index >= 15 is 0 Å². The van der Waals surface area contributed by atoms with Gasteiger partial charge in [-0.3, -0.25) is 9.59 Å². The summed E-state index contributed by atoms with van der Waals surface area (Å²) in [4.78, 5) is 28.4. The van der Waals surface area contributed by atoms with E-state index in [-0.39, 0.29) is 29.8 Å². The van der Waals surface area contributed by atoms with Gasteiger partial charge in [0.05, 0.1) is 0 Å². The molecule has 0 radical (unpaired) electrons. The third-order valence-corrected chi connectivity index (χ3v) is 4.30. The summed E-state index contributed by atoms with van der Waals surface area (Å²) < 4.78 is 41.8. The third-order valence-electron chi connectivity index (χ3n) is 4.30. The zero-order valence-electron chi connectivity index (χ0n) is 16.6. The number of carbonyl (C=O) groups excluding carboxylic acids is 1. The number of carboxylic acid groups (broad SMARTS) is 1. The van der Waals surface area contributed by atoms with E-state index in [4.69, 9.17) is 5.11 Å². The summed E-state index contributed by atoms with van der Waals surface area (Å²) in [5, 5.41) is 14.9. The molecule has 164 valence electrons. The molecule has 2 aromatic rings. The van der Waals surface area contributed by atoms with E-state index < -0.39 is 18.0 Å². The molecule has 1 unspecified atom stereocenters. The van der Waals surface area contributed by atoms with Crippen LogP contribution in [0, 0.1) is 0 Å². The fourth-order valence-electron chi connectivity index (χ4n) is 2.80. The molecule has 2 N–H and O–H groups in total. The summed E-state index contributed by atoms with van der Waals surface area (Å²) in [5.74, 6) is -2.83.